The second kappa shape index (κ2) is 4.23. The largest absolute Gasteiger partial charge is 0.485 e. The molecule has 0 amide bonds. The third-order valence-corrected chi connectivity index (χ3v) is 2.90. The van der Waals surface area contributed by atoms with Crippen LogP contribution in [0, 0.1) is 6.92 Å². The van der Waals surface area contributed by atoms with E-state index in [2.05, 4.69) is 6.92 Å². The monoisotopic (exact) mass is 207 g/mol. The Morgan fingerprint density at radius 3 is 2.20 bits per heavy atom. The van der Waals surface area contributed by atoms with Gasteiger partial charge in [0.05, 0.1) is 0 Å². The summed E-state index contributed by atoms with van der Waals surface area (Å²) in [6.07, 6.45) is 0.410. The van der Waals surface area contributed by atoms with Gasteiger partial charge in [-0.2, -0.15) is 0 Å². The topological polar surface area (TPSA) is 29.5 Å². The average molecular weight is 207 g/mol. The molecule has 0 spiro atoms. The minimum absolute atomic E-state index is 0.410. The van der Waals surface area contributed by atoms with E-state index in [-0.39, 0.29) is 0 Å². The quantitative estimate of drug-likeness (QED) is 0.822. The summed E-state index contributed by atoms with van der Waals surface area (Å²) in [5, 5.41) is 10.1. The highest BCUT2D eigenvalue weighted by molar-refractivity contribution is 5.22. The Hall–Kier alpha value is -1.02. The minimum atomic E-state index is -0.942. The van der Waals surface area contributed by atoms with E-state index in [4.69, 9.17) is 4.74 Å². The van der Waals surface area contributed by atoms with Crippen molar-refractivity contribution in [3.8, 4) is 5.75 Å². The molecule has 2 nitrogen and oxygen atoms in total. The Kier molecular flexibility index (Phi) is 3.40. The van der Waals surface area contributed by atoms with Crippen LogP contribution in [0.3, 0.4) is 0 Å². The first kappa shape index (κ1) is 12.1. The fraction of sp³-hybridized carbons (Fsp3) is 0.462. The molecule has 1 N–H and O–H groups in total. The molecule has 2 heteroatoms. The average Bonchev–Trinajstić information content (AvgIpc) is 2.18. The molecule has 0 bridgehead atoms. The first-order valence-corrected chi connectivity index (χ1v) is 5.15. The molecular weight excluding hydrogens is 188 g/mol. The van der Waals surface area contributed by atoms with Crippen molar-refractivity contribution in [2.24, 2.45) is 0 Å². The molecule has 83 valence electrons. The van der Waals surface area contributed by atoms with Gasteiger partial charge in [0, 0.05) is 0 Å². The van der Waals surface area contributed by atoms with E-state index in [1.165, 1.54) is 0 Å². The molecule has 1 aromatic rings. The van der Waals surface area contributed by atoms with E-state index in [0.29, 0.717) is 6.42 Å². The lowest BCUT2D eigenvalue weighted by molar-refractivity contribution is -0.101. The van der Waals surface area contributed by atoms with Crippen LogP contribution in [-0.2, 0) is 0 Å². The zero-order chi connectivity index (χ0) is 11.5. The van der Waals surface area contributed by atoms with E-state index in [0.717, 1.165) is 5.75 Å². The Balaban J connectivity index is 2.81. The van der Waals surface area contributed by atoms with Crippen molar-refractivity contribution in [1.82, 2.24) is 0 Å². The number of rotatable bonds is 4. The van der Waals surface area contributed by atoms with Gasteiger partial charge in [0.25, 0.3) is 0 Å². The van der Waals surface area contributed by atoms with Gasteiger partial charge in [-0.05, 0) is 39.3 Å². The van der Waals surface area contributed by atoms with Crippen LogP contribution >= 0.6 is 0 Å². The predicted molar refractivity (Wildman–Crippen MR) is 61.7 cm³/mol. The van der Waals surface area contributed by atoms with Gasteiger partial charge in [-0.3, -0.25) is 0 Å². The van der Waals surface area contributed by atoms with Crippen molar-refractivity contribution in [3.63, 3.8) is 0 Å². The summed E-state index contributed by atoms with van der Waals surface area (Å²) >= 11 is 0. The predicted octanol–water partition coefficient (Wildman–Crippen LogP) is 2.82. The molecule has 0 aromatic heterocycles. The van der Waals surface area contributed by atoms with Crippen molar-refractivity contribution >= 4 is 0 Å². The number of hydrogen-bond acceptors (Lipinski definition) is 2. The van der Waals surface area contributed by atoms with Crippen molar-refractivity contribution in [2.45, 2.75) is 38.4 Å². The molecule has 1 radical (unpaired) electrons. The standard InChI is InChI=1S/C13H19O2/c1-5-13(4,14)12(2,3)15-11-9-7-6-8-10-11/h6-10,14H,1,5H2,2-4H3. The minimum Gasteiger partial charge on any atom is -0.485 e. The van der Waals surface area contributed by atoms with Gasteiger partial charge < -0.3 is 9.84 Å². The maximum atomic E-state index is 10.1. The van der Waals surface area contributed by atoms with Crippen LogP contribution in [0.2, 0.25) is 0 Å². The van der Waals surface area contributed by atoms with Crippen molar-refractivity contribution in [3.05, 3.63) is 37.3 Å². The molecule has 0 aliphatic heterocycles. The van der Waals surface area contributed by atoms with Gasteiger partial charge in [0.15, 0.2) is 0 Å². The van der Waals surface area contributed by atoms with Gasteiger partial charge >= 0.3 is 0 Å². The Morgan fingerprint density at radius 2 is 1.73 bits per heavy atom. The highest BCUT2D eigenvalue weighted by Crippen LogP contribution is 2.30. The van der Waals surface area contributed by atoms with Gasteiger partial charge in [0.2, 0.25) is 0 Å². The zero-order valence-corrected chi connectivity index (χ0v) is 9.66. The maximum absolute atomic E-state index is 10.1. The lowest BCUT2D eigenvalue weighted by Gasteiger charge is -2.39. The molecule has 1 unspecified atom stereocenters. The smallest absolute Gasteiger partial charge is 0.132 e. The van der Waals surface area contributed by atoms with Crippen LogP contribution in [0.1, 0.15) is 27.2 Å². The van der Waals surface area contributed by atoms with Gasteiger partial charge in [-0.15, -0.1) is 0 Å². The first-order valence-electron chi connectivity index (χ1n) is 5.15. The van der Waals surface area contributed by atoms with Crippen molar-refractivity contribution in [2.75, 3.05) is 0 Å². The summed E-state index contributed by atoms with van der Waals surface area (Å²) in [4.78, 5) is 0. The molecule has 1 aromatic carbocycles. The molecule has 0 saturated heterocycles. The van der Waals surface area contributed by atoms with E-state index in [1.807, 2.05) is 44.2 Å². The summed E-state index contributed by atoms with van der Waals surface area (Å²) < 4.78 is 5.77. The Bertz CT molecular complexity index is 302. The molecule has 0 heterocycles. The Labute approximate surface area is 91.9 Å². The lowest BCUT2D eigenvalue weighted by atomic mass is 9.85. The number of para-hydroxylation sites is 1. The SMILES string of the molecule is [CH2]CC(C)(O)C(C)(C)Oc1ccccc1. The molecule has 0 aliphatic carbocycles. The van der Waals surface area contributed by atoms with Crippen LogP contribution in [-0.4, -0.2) is 16.3 Å². The van der Waals surface area contributed by atoms with E-state index >= 15 is 0 Å². The van der Waals surface area contributed by atoms with Crippen LogP contribution in [0.15, 0.2) is 30.3 Å². The zero-order valence-electron chi connectivity index (χ0n) is 9.66. The van der Waals surface area contributed by atoms with Gasteiger partial charge in [-0.1, -0.05) is 25.1 Å². The number of hydrogen-bond donors (Lipinski definition) is 1. The fourth-order valence-electron chi connectivity index (χ4n) is 1.19. The second-order valence-electron chi connectivity index (χ2n) is 4.45. The molecule has 15 heavy (non-hydrogen) atoms. The number of benzene rings is 1. The van der Waals surface area contributed by atoms with Crippen molar-refractivity contribution < 1.29 is 9.84 Å². The highest BCUT2D eigenvalue weighted by atomic mass is 16.5. The normalized spacial score (nSPS) is 15.8. The molecule has 1 atom stereocenters. The summed E-state index contributed by atoms with van der Waals surface area (Å²) in [6.45, 7) is 9.21. The summed E-state index contributed by atoms with van der Waals surface area (Å²) in [6, 6.07) is 9.50. The second-order valence-corrected chi connectivity index (χ2v) is 4.45. The van der Waals surface area contributed by atoms with Crippen LogP contribution in [0.25, 0.3) is 0 Å². The Morgan fingerprint density at radius 1 is 1.20 bits per heavy atom. The van der Waals surface area contributed by atoms with Crippen LogP contribution < -0.4 is 4.74 Å². The highest BCUT2D eigenvalue weighted by Gasteiger charge is 2.39. The van der Waals surface area contributed by atoms with E-state index in [1.54, 1.807) is 6.92 Å². The summed E-state index contributed by atoms with van der Waals surface area (Å²) in [5.74, 6) is 0.760. The van der Waals surface area contributed by atoms with Crippen molar-refractivity contribution in [1.29, 1.82) is 0 Å². The molecular formula is C13H19O2. The van der Waals surface area contributed by atoms with Crippen LogP contribution in [0.5, 0.6) is 5.75 Å². The molecule has 0 aliphatic rings. The lowest BCUT2D eigenvalue weighted by Crippen LogP contribution is -2.51. The summed E-state index contributed by atoms with van der Waals surface area (Å²) in [7, 11) is 0. The number of aliphatic hydroxyl groups is 1. The molecule has 0 saturated carbocycles. The summed E-state index contributed by atoms with van der Waals surface area (Å²) in [5.41, 5.74) is -1.60. The molecule has 0 fully saturated rings. The maximum Gasteiger partial charge on any atom is 0.132 e. The third-order valence-electron chi connectivity index (χ3n) is 2.90. The molecule has 1 rings (SSSR count). The third kappa shape index (κ3) is 2.72. The van der Waals surface area contributed by atoms with E-state index < -0.39 is 11.2 Å². The fourth-order valence-corrected chi connectivity index (χ4v) is 1.19. The van der Waals surface area contributed by atoms with Gasteiger partial charge in [0.1, 0.15) is 17.0 Å². The van der Waals surface area contributed by atoms with Crippen LogP contribution in [0.4, 0.5) is 0 Å². The van der Waals surface area contributed by atoms with Gasteiger partial charge in [-0.25, -0.2) is 0 Å². The number of ether oxygens (including phenoxy) is 1. The first-order chi connectivity index (χ1) is 6.89. The van der Waals surface area contributed by atoms with E-state index in [9.17, 15) is 5.11 Å².